The first-order valence-corrected chi connectivity index (χ1v) is 13.4. The number of benzene rings is 3. The molecule has 42 heavy (non-hydrogen) atoms. The Labute approximate surface area is 250 Å². The Morgan fingerprint density at radius 2 is 1.10 bits per heavy atom. The average Bonchev–Trinajstić information content (AvgIpc) is 3.62. The molecule has 0 unspecified atom stereocenters. The topological polar surface area (TPSA) is 138 Å². The van der Waals surface area contributed by atoms with Gasteiger partial charge in [-0.05, 0) is 60.7 Å². The van der Waals surface area contributed by atoms with Crippen LogP contribution in [0.3, 0.4) is 0 Å². The van der Waals surface area contributed by atoms with Crippen molar-refractivity contribution < 1.29 is 19.1 Å². The van der Waals surface area contributed by atoms with Crippen LogP contribution in [-0.2, 0) is 35.9 Å². The molecule has 0 bridgehead atoms. The highest BCUT2D eigenvalue weighted by molar-refractivity contribution is 6.31. The Kier molecular flexibility index (Phi) is 9.27. The maximum atomic E-state index is 12.3. The molecule has 12 nitrogen and oxygen atoms in total. The van der Waals surface area contributed by atoms with Crippen LogP contribution in [0.25, 0.3) is 0 Å². The summed E-state index contributed by atoms with van der Waals surface area (Å²) < 4.78 is 14.5. The Hall–Kier alpha value is -4.94. The van der Waals surface area contributed by atoms with E-state index in [4.69, 9.17) is 32.7 Å². The summed E-state index contributed by atoms with van der Waals surface area (Å²) in [6, 6.07) is 20.7. The number of rotatable bonds is 12. The molecular formula is C28H24Cl2N8O4. The summed E-state index contributed by atoms with van der Waals surface area (Å²) in [5.41, 5.74) is 2.38. The van der Waals surface area contributed by atoms with Crippen LogP contribution in [0.1, 0.15) is 11.4 Å². The molecule has 0 spiro atoms. The van der Waals surface area contributed by atoms with Crippen LogP contribution in [0, 0.1) is 0 Å². The minimum atomic E-state index is -0.249. The fourth-order valence-corrected chi connectivity index (χ4v) is 3.95. The predicted octanol–water partition coefficient (Wildman–Crippen LogP) is 4.61. The lowest BCUT2D eigenvalue weighted by atomic mass is 10.3. The van der Waals surface area contributed by atoms with Gasteiger partial charge in [0.1, 0.15) is 49.2 Å². The molecule has 2 N–H and O–H groups in total. The summed E-state index contributed by atoms with van der Waals surface area (Å²) in [5, 5.41) is 22.8. The second-order valence-corrected chi connectivity index (χ2v) is 9.85. The molecule has 3 aromatic carbocycles. The van der Waals surface area contributed by atoms with Crippen LogP contribution in [-0.4, -0.2) is 41.8 Å². The number of hydrogen-bond acceptors (Lipinski definition) is 8. The third-order valence-corrected chi connectivity index (χ3v) is 6.12. The molecule has 0 aliphatic rings. The van der Waals surface area contributed by atoms with E-state index in [1.54, 1.807) is 85.2 Å². The van der Waals surface area contributed by atoms with Crippen LogP contribution >= 0.6 is 23.2 Å². The van der Waals surface area contributed by atoms with Gasteiger partial charge in [-0.1, -0.05) is 39.7 Å². The second kappa shape index (κ2) is 13.6. The number of nitrogens with one attached hydrogen (secondary N) is 2. The molecule has 2 heterocycles. The summed E-state index contributed by atoms with van der Waals surface area (Å²) in [4.78, 5) is 24.5. The van der Waals surface area contributed by atoms with Crippen molar-refractivity contribution >= 4 is 46.4 Å². The molecule has 214 valence electrons. The lowest BCUT2D eigenvalue weighted by Crippen LogP contribution is -2.19. The number of ether oxygens (including phenoxy) is 2. The van der Waals surface area contributed by atoms with Gasteiger partial charge in [0.25, 0.3) is 0 Å². The summed E-state index contributed by atoms with van der Waals surface area (Å²) >= 11 is 11.7. The SMILES string of the molecule is O=C(Cn1cc(COc2cccc(OCc3cn(CC(=O)Nc4ccc(Cl)cc4)nn3)c2)nn1)Nc1ccc(Cl)cc1. The number of carbonyl (C=O) groups is 2. The summed E-state index contributed by atoms with van der Waals surface area (Å²) in [6.07, 6.45) is 3.28. The average molecular weight is 607 g/mol. The van der Waals surface area contributed by atoms with Gasteiger partial charge in [-0.25, -0.2) is 9.36 Å². The number of halogens is 2. The minimum Gasteiger partial charge on any atom is -0.487 e. The van der Waals surface area contributed by atoms with E-state index in [2.05, 4.69) is 31.3 Å². The summed E-state index contributed by atoms with van der Waals surface area (Å²) in [6.45, 7) is 0.288. The zero-order valence-corrected chi connectivity index (χ0v) is 23.5. The van der Waals surface area contributed by atoms with Crippen LogP contribution in [0.2, 0.25) is 10.0 Å². The highest BCUT2D eigenvalue weighted by atomic mass is 35.5. The normalized spacial score (nSPS) is 10.7. The standard InChI is InChI=1S/C28H24Cl2N8O4/c29-19-4-8-21(9-5-19)31-27(39)15-37-13-23(33-35-37)17-41-25-2-1-3-26(12-25)42-18-24-14-38(36-34-24)16-28(40)32-22-10-6-20(30)7-11-22/h1-14H,15-18H2,(H,31,39)(H,32,40). The van der Waals surface area contributed by atoms with Crippen molar-refractivity contribution in [2.75, 3.05) is 10.6 Å². The highest BCUT2D eigenvalue weighted by Crippen LogP contribution is 2.21. The molecular weight excluding hydrogens is 583 g/mol. The van der Waals surface area contributed by atoms with E-state index in [0.29, 0.717) is 44.3 Å². The van der Waals surface area contributed by atoms with Gasteiger partial charge in [-0.3, -0.25) is 9.59 Å². The maximum Gasteiger partial charge on any atom is 0.246 e. The fraction of sp³-hybridized carbons (Fsp3) is 0.143. The number of hydrogen-bond donors (Lipinski definition) is 2. The smallest absolute Gasteiger partial charge is 0.246 e. The molecule has 5 aromatic rings. The van der Waals surface area contributed by atoms with Crippen LogP contribution in [0.4, 0.5) is 11.4 Å². The Morgan fingerprint density at radius 3 is 1.52 bits per heavy atom. The predicted molar refractivity (Wildman–Crippen MR) is 155 cm³/mol. The molecule has 2 amide bonds. The van der Waals surface area contributed by atoms with Crippen molar-refractivity contribution in [1.29, 1.82) is 0 Å². The zero-order chi connectivity index (χ0) is 29.3. The molecule has 0 radical (unpaired) electrons. The molecule has 5 rings (SSSR count). The zero-order valence-electron chi connectivity index (χ0n) is 22.0. The van der Waals surface area contributed by atoms with E-state index in [-0.39, 0.29) is 38.1 Å². The number of nitrogens with zero attached hydrogens (tertiary/aromatic N) is 6. The summed E-state index contributed by atoms with van der Waals surface area (Å²) in [7, 11) is 0. The molecule has 0 aliphatic carbocycles. The van der Waals surface area contributed by atoms with Gasteiger partial charge in [0.2, 0.25) is 11.8 Å². The van der Waals surface area contributed by atoms with Crippen molar-refractivity contribution in [2.24, 2.45) is 0 Å². The highest BCUT2D eigenvalue weighted by Gasteiger charge is 2.10. The lowest BCUT2D eigenvalue weighted by molar-refractivity contribution is -0.117. The van der Waals surface area contributed by atoms with E-state index in [9.17, 15) is 9.59 Å². The monoisotopic (exact) mass is 606 g/mol. The molecule has 0 aliphatic heterocycles. The van der Waals surface area contributed by atoms with E-state index < -0.39 is 0 Å². The Balaban J connectivity index is 1.06. The van der Waals surface area contributed by atoms with E-state index >= 15 is 0 Å². The van der Waals surface area contributed by atoms with E-state index in [0.717, 1.165) is 0 Å². The first-order valence-electron chi connectivity index (χ1n) is 12.6. The first kappa shape index (κ1) is 28.6. The van der Waals surface area contributed by atoms with Gasteiger partial charge in [-0.2, -0.15) is 0 Å². The van der Waals surface area contributed by atoms with E-state index in [1.807, 2.05) is 0 Å². The maximum absolute atomic E-state index is 12.3. The lowest BCUT2D eigenvalue weighted by Gasteiger charge is -2.08. The number of anilines is 2. The summed E-state index contributed by atoms with van der Waals surface area (Å²) in [5.74, 6) is 0.622. The molecule has 14 heteroatoms. The Morgan fingerprint density at radius 1 is 0.667 bits per heavy atom. The van der Waals surface area contributed by atoms with Gasteiger partial charge in [0.05, 0.1) is 12.4 Å². The van der Waals surface area contributed by atoms with Crippen molar-refractivity contribution in [3.8, 4) is 11.5 Å². The first-order chi connectivity index (χ1) is 20.4. The largest absolute Gasteiger partial charge is 0.487 e. The molecule has 0 saturated carbocycles. The van der Waals surface area contributed by atoms with Crippen molar-refractivity contribution in [3.63, 3.8) is 0 Å². The van der Waals surface area contributed by atoms with Crippen molar-refractivity contribution in [3.05, 3.63) is 107 Å². The minimum absolute atomic E-state index is 0.00338. The van der Waals surface area contributed by atoms with Crippen LogP contribution in [0.5, 0.6) is 11.5 Å². The van der Waals surface area contributed by atoms with Gasteiger partial charge in [0.15, 0.2) is 0 Å². The number of carbonyl (C=O) groups excluding carboxylic acids is 2. The van der Waals surface area contributed by atoms with E-state index in [1.165, 1.54) is 9.36 Å². The van der Waals surface area contributed by atoms with Crippen molar-refractivity contribution in [1.82, 2.24) is 30.0 Å². The molecule has 0 atom stereocenters. The third kappa shape index (κ3) is 8.53. The van der Waals surface area contributed by atoms with Gasteiger partial charge in [0, 0.05) is 27.5 Å². The van der Waals surface area contributed by atoms with Crippen LogP contribution < -0.4 is 20.1 Å². The number of amides is 2. The quantitative estimate of drug-likeness (QED) is 0.210. The third-order valence-electron chi connectivity index (χ3n) is 5.62. The number of aromatic nitrogens is 6. The van der Waals surface area contributed by atoms with Crippen molar-refractivity contribution in [2.45, 2.75) is 26.3 Å². The molecule has 2 aromatic heterocycles. The van der Waals surface area contributed by atoms with Crippen LogP contribution in [0.15, 0.2) is 85.2 Å². The Bertz CT molecular complexity index is 1540. The molecule has 0 saturated heterocycles. The fourth-order valence-electron chi connectivity index (χ4n) is 3.69. The molecule has 0 fully saturated rings. The van der Waals surface area contributed by atoms with Gasteiger partial charge < -0.3 is 20.1 Å². The second-order valence-electron chi connectivity index (χ2n) is 8.98. The van der Waals surface area contributed by atoms with Gasteiger partial charge in [-0.15, -0.1) is 10.2 Å². The van der Waals surface area contributed by atoms with Gasteiger partial charge >= 0.3 is 0 Å².